The summed E-state index contributed by atoms with van der Waals surface area (Å²) in [6.45, 7) is 1.97. The van der Waals surface area contributed by atoms with Crippen LogP contribution in [0.15, 0.2) is 33.7 Å². The van der Waals surface area contributed by atoms with E-state index in [0.717, 1.165) is 31.0 Å². The summed E-state index contributed by atoms with van der Waals surface area (Å²) in [7, 11) is 0. The van der Waals surface area contributed by atoms with Crippen LogP contribution in [0.1, 0.15) is 18.2 Å². The lowest BCUT2D eigenvalue weighted by Crippen LogP contribution is -2.08. The van der Waals surface area contributed by atoms with Crippen molar-refractivity contribution in [2.45, 2.75) is 17.2 Å². The molecule has 94 valence electrons. The van der Waals surface area contributed by atoms with E-state index in [1.54, 1.807) is 11.8 Å². The fourth-order valence-electron chi connectivity index (χ4n) is 2.12. The highest BCUT2D eigenvalue weighted by Crippen LogP contribution is 2.25. The Morgan fingerprint density at radius 3 is 2.83 bits per heavy atom. The van der Waals surface area contributed by atoms with Crippen LogP contribution in [0.4, 0.5) is 0 Å². The van der Waals surface area contributed by atoms with Gasteiger partial charge >= 0.3 is 0 Å². The minimum Gasteiger partial charge on any atom is -0.339 e. The second-order valence-corrected chi connectivity index (χ2v) is 5.25. The fourth-order valence-corrected chi connectivity index (χ4v) is 2.53. The van der Waals surface area contributed by atoms with Crippen LogP contribution < -0.4 is 5.32 Å². The molecule has 5 heteroatoms. The maximum absolute atomic E-state index is 5.35. The van der Waals surface area contributed by atoms with Crippen molar-refractivity contribution < 1.29 is 4.52 Å². The van der Waals surface area contributed by atoms with Gasteiger partial charge in [-0.1, -0.05) is 5.16 Å². The number of nitrogens with one attached hydrogen (secondary N) is 1. The van der Waals surface area contributed by atoms with E-state index >= 15 is 0 Å². The zero-order valence-corrected chi connectivity index (χ0v) is 11.0. The van der Waals surface area contributed by atoms with Crippen molar-refractivity contribution >= 4 is 11.8 Å². The summed E-state index contributed by atoms with van der Waals surface area (Å²) in [5.41, 5.74) is 1.01. The molecule has 4 nitrogen and oxygen atoms in total. The van der Waals surface area contributed by atoms with E-state index in [-0.39, 0.29) is 0 Å². The van der Waals surface area contributed by atoms with E-state index in [2.05, 4.69) is 33.8 Å². The first kappa shape index (κ1) is 11.7. The van der Waals surface area contributed by atoms with Gasteiger partial charge in [0, 0.05) is 17.0 Å². The van der Waals surface area contributed by atoms with Crippen molar-refractivity contribution in [1.82, 2.24) is 15.5 Å². The highest BCUT2D eigenvalue weighted by molar-refractivity contribution is 7.98. The third kappa shape index (κ3) is 2.28. The molecule has 2 heterocycles. The number of hydrogen-bond acceptors (Lipinski definition) is 5. The molecule has 1 aliphatic heterocycles. The first-order chi connectivity index (χ1) is 8.86. The molecule has 1 aliphatic rings. The molecule has 18 heavy (non-hydrogen) atoms. The van der Waals surface area contributed by atoms with Gasteiger partial charge in [0.2, 0.25) is 11.7 Å². The summed E-state index contributed by atoms with van der Waals surface area (Å²) in [5.74, 6) is 1.81. The number of benzene rings is 1. The van der Waals surface area contributed by atoms with Crippen LogP contribution in [0.5, 0.6) is 0 Å². The molecular weight excluding hydrogens is 246 g/mol. The molecule has 1 saturated heterocycles. The molecule has 1 fully saturated rings. The van der Waals surface area contributed by atoms with Crippen LogP contribution in [0.2, 0.25) is 0 Å². The Hall–Kier alpha value is -1.33. The summed E-state index contributed by atoms with van der Waals surface area (Å²) < 4.78 is 5.35. The van der Waals surface area contributed by atoms with Crippen molar-refractivity contribution in [2.75, 3.05) is 19.3 Å². The average molecular weight is 261 g/mol. The van der Waals surface area contributed by atoms with E-state index < -0.39 is 0 Å². The lowest BCUT2D eigenvalue weighted by atomic mass is 10.1. The monoisotopic (exact) mass is 261 g/mol. The SMILES string of the molecule is CSc1ccc(-c2noc(C3CCNC3)n2)cc1. The normalized spacial score (nSPS) is 19.3. The molecule has 0 saturated carbocycles. The van der Waals surface area contributed by atoms with E-state index in [0.29, 0.717) is 11.7 Å². The molecule has 1 atom stereocenters. The Morgan fingerprint density at radius 1 is 1.33 bits per heavy atom. The quantitative estimate of drug-likeness (QED) is 0.860. The number of nitrogens with zero attached hydrogens (tertiary/aromatic N) is 2. The largest absolute Gasteiger partial charge is 0.339 e. The van der Waals surface area contributed by atoms with Crippen molar-refractivity contribution in [3.8, 4) is 11.4 Å². The molecular formula is C13H15N3OS. The van der Waals surface area contributed by atoms with Gasteiger partial charge in [-0.25, -0.2) is 0 Å². The van der Waals surface area contributed by atoms with E-state index in [9.17, 15) is 0 Å². The minimum absolute atomic E-state index is 0.372. The smallest absolute Gasteiger partial charge is 0.231 e. The van der Waals surface area contributed by atoms with Crippen LogP contribution in [-0.2, 0) is 0 Å². The number of rotatable bonds is 3. The van der Waals surface area contributed by atoms with Gasteiger partial charge in [-0.05, 0) is 43.5 Å². The van der Waals surface area contributed by atoms with Gasteiger partial charge in [0.1, 0.15) is 0 Å². The van der Waals surface area contributed by atoms with E-state index in [1.165, 1.54) is 4.90 Å². The minimum atomic E-state index is 0.372. The van der Waals surface area contributed by atoms with Crippen molar-refractivity contribution in [3.05, 3.63) is 30.2 Å². The summed E-state index contributed by atoms with van der Waals surface area (Å²) >= 11 is 1.73. The molecule has 0 spiro atoms. The van der Waals surface area contributed by atoms with E-state index in [4.69, 9.17) is 4.52 Å². The van der Waals surface area contributed by atoms with Crippen molar-refractivity contribution in [1.29, 1.82) is 0 Å². The van der Waals surface area contributed by atoms with Crippen LogP contribution in [0.3, 0.4) is 0 Å². The number of aromatic nitrogens is 2. The third-order valence-electron chi connectivity index (χ3n) is 3.20. The summed E-state index contributed by atoms with van der Waals surface area (Å²) in [6.07, 6.45) is 3.14. The highest BCUT2D eigenvalue weighted by atomic mass is 32.2. The standard InChI is InChI=1S/C13H15N3OS/c1-18-11-4-2-9(3-5-11)12-15-13(17-16-12)10-6-7-14-8-10/h2-5,10,14H,6-8H2,1H3. The third-order valence-corrected chi connectivity index (χ3v) is 3.94. The zero-order chi connectivity index (χ0) is 12.4. The van der Waals surface area contributed by atoms with Crippen molar-refractivity contribution in [3.63, 3.8) is 0 Å². The Morgan fingerprint density at radius 2 is 2.17 bits per heavy atom. The Kier molecular flexibility index (Phi) is 3.34. The summed E-state index contributed by atoms with van der Waals surface area (Å²) in [4.78, 5) is 5.73. The fraction of sp³-hybridized carbons (Fsp3) is 0.385. The van der Waals surface area contributed by atoms with Crippen LogP contribution in [0.25, 0.3) is 11.4 Å². The van der Waals surface area contributed by atoms with Crippen LogP contribution in [0, 0.1) is 0 Å². The predicted molar refractivity (Wildman–Crippen MR) is 71.7 cm³/mol. The van der Waals surface area contributed by atoms with Crippen LogP contribution in [-0.4, -0.2) is 29.5 Å². The van der Waals surface area contributed by atoms with E-state index in [1.807, 2.05) is 12.1 Å². The summed E-state index contributed by atoms with van der Waals surface area (Å²) in [5, 5.41) is 7.37. The Balaban J connectivity index is 1.82. The molecule has 1 aromatic carbocycles. The molecule has 1 unspecified atom stereocenters. The van der Waals surface area contributed by atoms with Gasteiger partial charge in [0.15, 0.2) is 0 Å². The number of hydrogen-bond donors (Lipinski definition) is 1. The average Bonchev–Trinajstić information content (AvgIpc) is 3.09. The predicted octanol–water partition coefficient (Wildman–Crippen LogP) is 2.54. The number of thioether (sulfide) groups is 1. The molecule has 2 aromatic rings. The first-order valence-corrected chi connectivity index (χ1v) is 7.28. The highest BCUT2D eigenvalue weighted by Gasteiger charge is 2.22. The zero-order valence-electron chi connectivity index (χ0n) is 10.2. The Labute approximate surface area is 110 Å². The molecule has 3 rings (SSSR count). The maximum Gasteiger partial charge on any atom is 0.231 e. The molecule has 0 aliphatic carbocycles. The lowest BCUT2D eigenvalue weighted by Gasteiger charge is -1.99. The second-order valence-electron chi connectivity index (χ2n) is 4.37. The Bertz CT molecular complexity index is 517. The van der Waals surface area contributed by atoms with Crippen LogP contribution >= 0.6 is 11.8 Å². The summed E-state index contributed by atoms with van der Waals surface area (Å²) in [6, 6.07) is 8.22. The van der Waals surface area contributed by atoms with Gasteiger partial charge in [-0.15, -0.1) is 11.8 Å². The van der Waals surface area contributed by atoms with Gasteiger partial charge in [-0.2, -0.15) is 4.98 Å². The molecule has 0 radical (unpaired) electrons. The lowest BCUT2D eigenvalue weighted by molar-refractivity contribution is 0.359. The molecule has 0 amide bonds. The molecule has 1 N–H and O–H groups in total. The second kappa shape index (κ2) is 5.12. The van der Waals surface area contributed by atoms with Gasteiger partial charge in [-0.3, -0.25) is 0 Å². The topological polar surface area (TPSA) is 51.0 Å². The first-order valence-electron chi connectivity index (χ1n) is 6.05. The van der Waals surface area contributed by atoms with Gasteiger partial charge in [0.05, 0.1) is 5.92 Å². The molecule has 0 bridgehead atoms. The van der Waals surface area contributed by atoms with Crippen molar-refractivity contribution in [2.24, 2.45) is 0 Å². The van der Waals surface area contributed by atoms with Gasteiger partial charge in [0.25, 0.3) is 0 Å². The molecule has 1 aromatic heterocycles. The maximum atomic E-state index is 5.35. The van der Waals surface area contributed by atoms with Gasteiger partial charge < -0.3 is 9.84 Å².